The van der Waals surface area contributed by atoms with E-state index in [9.17, 15) is 8.42 Å². The molecule has 4 nitrogen and oxygen atoms in total. The van der Waals surface area contributed by atoms with Crippen LogP contribution in [0.15, 0.2) is 29.2 Å². The Morgan fingerprint density at radius 2 is 1.87 bits per heavy atom. The number of nitrogens with two attached hydrogens (primary N) is 1. The van der Waals surface area contributed by atoms with Gasteiger partial charge in [-0.3, -0.25) is 0 Å². The van der Waals surface area contributed by atoms with Crippen LogP contribution >= 0.6 is 11.8 Å². The summed E-state index contributed by atoms with van der Waals surface area (Å²) < 4.78 is 21.9. The molecule has 1 aromatic rings. The van der Waals surface area contributed by atoms with E-state index < -0.39 is 10.0 Å². The summed E-state index contributed by atoms with van der Waals surface area (Å²) in [6.45, 7) is 0.153. The highest BCUT2D eigenvalue weighted by Crippen LogP contribution is 2.14. The van der Waals surface area contributed by atoms with Gasteiger partial charge in [0.1, 0.15) is 0 Å². The minimum Gasteiger partial charge on any atom is -0.396 e. The summed E-state index contributed by atoms with van der Waals surface area (Å²) in [6.07, 6.45) is 0. The molecule has 0 atom stereocenters. The normalized spacial score (nSPS) is 11.6. The highest BCUT2D eigenvalue weighted by atomic mass is 32.2. The lowest BCUT2D eigenvalue weighted by atomic mass is 10.2. The minimum absolute atomic E-state index is 0.124. The standard InChI is InChI=1S/C9H13NO3S2/c10-15(12,13)9-3-1-8(2-4-9)7-14-6-5-11/h1-4,11H,5-7H2,(H2,10,12,13). The molecule has 0 aliphatic carbocycles. The Labute approximate surface area is 93.5 Å². The van der Waals surface area contributed by atoms with Gasteiger partial charge < -0.3 is 5.11 Å². The van der Waals surface area contributed by atoms with Crippen LogP contribution in [0.1, 0.15) is 5.56 Å². The molecular weight excluding hydrogens is 234 g/mol. The highest BCUT2D eigenvalue weighted by molar-refractivity contribution is 7.98. The first-order valence-electron chi connectivity index (χ1n) is 4.34. The topological polar surface area (TPSA) is 80.4 Å². The molecule has 1 rings (SSSR count). The Morgan fingerprint density at radius 1 is 1.27 bits per heavy atom. The molecule has 1 aromatic carbocycles. The number of aliphatic hydroxyl groups is 1. The van der Waals surface area contributed by atoms with Crippen molar-refractivity contribution in [2.24, 2.45) is 5.14 Å². The van der Waals surface area contributed by atoms with Crippen LogP contribution in [-0.2, 0) is 15.8 Å². The molecule has 0 aromatic heterocycles. The predicted molar refractivity (Wildman–Crippen MR) is 61.1 cm³/mol. The average Bonchev–Trinajstić information content (AvgIpc) is 2.18. The lowest BCUT2D eigenvalue weighted by molar-refractivity contribution is 0.322. The van der Waals surface area contributed by atoms with Crippen molar-refractivity contribution in [2.75, 3.05) is 12.4 Å². The number of hydrogen-bond acceptors (Lipinski definition) is 4. The molecule has 15 heavy (non-hydrogen) atoms. The fourth-order valence-electron chi connectivity index (χ4n) is 1.03. The second-order valence-electron chi connectivity index (χ2n) is 2.97. The number of thioether (sulfide) groups is 1. The third-order valence-corrected chi connectivity index (χ3v) is 3.69. The summed E-state index contributed by atoms with van der Waals surface area (Å²) in [5, 5.41) is 13.5. The van der Waals surface area contributed by atoms with E-state index in [1.54, 1.807) is 23.9 Å². The molecule has 0 unspecified atom stereocenters. The van der Waals surface area contributed by atoms with E-state index in [4.69, 9.17) is 10.2 Å². The van der Waals surface area contributed by atoms with Gasteiger partial charge in [-0.15, -0.1) is 0 Å². The zero-order chi connectivity index (χ0) is 11.3. The molecule has 0 heterocycles. The number of primary sulfonamides is 1. The lowest BCUT2D eigenvalue weighted by Gasteiger charge is -2.02. The molecule has 0 saturated heterocycles. The third kappa shape index (κ3) is 4.21. The van der Waals surface area contributed by atoms with Crippen LogP contribution in [-0.4, -0.2) is 25.9 Å². The largest absolute Gasteiger partial charge is 0.396 e. The maximum absolute atomic E-state index is 10.9. The van der Waals surface area contributed by atoms with E-state index in [2.05, 4.69) is 0 Å². The smallest absolute Gasteiger partial charge is 0.238 e. The molecular formula is C9H13NO3S2. The van der Waals surface area contributed by atoms with Gasteiger partial charge in [0.05, 0.1) is 11.5 Å². The number of sulfonamides is 1. The van der Waals surface area contributed by atoms with Crippen molar-refractivity contribution < 1.29 is 13.5 Å². The van der Waals surface area contributed by atoms with Crippen molar-refractivity contribution in [1.29, 1.82) is 0 Å². The molecule has 0 aliphatic rings. The Morgan fingerprint density at radius 3 is 2.33 bits per heavy atom. The van der Waals surface area contributed by atoms with Crippen LogP contribution < -0.4 is 5.14 Å². The Balaban J connectivity index is 2.65. The highest BCUT2D eigenvalue weighted by Gasteiger charge is 2.06. The molecule has 0 spiro atoms. The van der Waals surface area contributed by atoms with Gasteiger partial charge in [0.2, 0.25) is 10.0 Å². The first-order chi connectivity index (χ1) is 7.04. The van der Waals surface area contributed by atoms with Gasteiger partial charge in [0.25, 0.3) is 0 Å². The molecule has 0 fully saturated rings. The van der Waals surface area contributed by atoms with Crippen LogP contribution in [0.25, 0.3) is 0 Å². The Hall–Kier alpha value is -0.560. The monoisotopic (exact) mass is 247 g/mol. The first kappa shape index (κ1) is 12.5. The summed E-state index contributed by atoms with van der Waals surface area (Å²) in [7, 11) is -3.59. The van der Waals surface area contributed by atoms with Gasteiger partial charge in [-0.25, -0.2) is 13.6 Å². The summed E-state index contributed by atoms with van der Waals surface area (Å²) in [5.41, 5.74) is 1.01. The number of rotatable bonds is 5. The van der Waals surface area contributed by atoms with E-state index in [1.807, 2.05) is 0 Å². The van der Waals surface area contributed by atoms with E-state index in [0.717, 1.165) is 11.3 Å². The summed E-state index contributed by atoms with van der Waals surface area (Å²) in [4.78, 5) is 0.124. The zero-order valence-corrected chi connectivity index (χ0v) is 9.72. The maximum atomic E-state index is 10.9. The molecule has 84 valence electrons. The number of benzene rings is 1. The molecule has 3 N–H and O–H groups in total. The van der Waals surface area contributed by atoms with Crippen molar-refractivity contribution in [3.8, 4) is 0 Å². The Bertz CT molecular complexity index is 400. The second kappa shape index (κ2) is 5.50. The van der Waals surface area contributed by atoms with Crippen LogP contribution in [0.4, 0.5) is 0 Å². The van der Waals surface area contributed by atoms with Crippen LogP contribution in [0.5, 0.6) is 0 Å². The zero-order valence-electron chi connectivity index (χ0n) is 8.09. The van der Waals surface area contributed by atoms with Crippen LogP contribution in [0, 0.1) is 0 Å². The van der Waals surface area contributed by atoms with Gasteiger partial charge in [0, 0.05) is 11.5 Å². The lowest BCUT2D eigenvalue weighted by Crippen LogP contribution is -2.11. The fourth-order valence-corrected chi connectivity index (χ4v) is 2.25. The molecule has 6 heteroatoms. The van der Waals surface area contributed by atoms with Crippen molar-refractivity contribution in [1.82, 2.24) is 0 Å². The van der Waals surface area contributed by atoms with E-state index in [0.29, 0.717) is 5.75 Å². The van der Waals surface area contributed by atoms with Crippen molar-refractivity contribution in [3.63, 3.8) is 0 Å². The quantitative estimate of drug-likeness (QED) is 0.745. The molecule has 0 saturated carbocycles. The SMILES string of the molecule is NS(=O)(=O)c1ccc(CSCCO)cc1. The molecule has 0 aliphatic heterocycles. The van der Waals surface area contributed by atoms with Crippen molar-refractivity contribution in [2.45, 2.75) is 10.6 Å². The predicted octanol–water partition coefficient (Wildman–Crippen LogP) is 0.559. The van der Waals surface area contributed by atoms with Crippen molar-refractivity contribution in [3.05, 3.63) is 29.8 Å². The van der Waals surface area contributed by atoms with Gasteiger partial charge in [0.15, 0.2) is 0 Å². The Kier molecular flexibility index (Phi) is 4.59. The van der Waals surface area contributed by atoms with Gasteiger partial charge in [-0.1, -0.05) is 12.1 Å². The van der Waals surface area contributed by atoms with Crippen LogP contribution in [0.2, 0.25) is 0 Å². The van der Waals surface area contributed by atoms with Gasteiger partial charge in [-0.05, 0) is 17.7 Å². The fraction of sp³-hybridized carbons (Fsp3) is 0.333. The van der Waals surface area contributed by atoms with Gasteiger partial charge >= 0.3 is 0 Å². The number of hydrogen-bond donors (Lipinski definition) is 2. The second-order valence-corrected chi connectivity index (χ2v) is 5.63. The van der Waals surface area contributed by atoms with E-state index >= 15 is 0 Å². The van der Waals surface area contributed by atoms with Gasteiger partial charge in [-0.2, -0.15) is 11.8 Å². The molecule has 0 bridgehead atoms. The first-order valence-corrected chi connectivity index (χ1v) is 7.04. The average molecular weight is 247 g/mol. The summed E-state index contributed by atoms with van der Waals surface area (Å²) in [6, 6.07) is 6.43. The number of aliphatic hydroxyl groups excluding tert-OH is 1. The van der Waals surface area contributed by atoms with E-state index in [1.165, 1.54) is 12.1 Å². The minimum atomic E-state index is -3.59. The van der Waals surface area contributed by atoms with E-state index in [-0.39, 0.29) is 11.5 Å². The molecule has 0 amide bonds. The summed E-state index contributed by atoms with van der Waals surface area (Å²) >= 11 is 1.59. The van der Waals surface area contributed by atoms with Crippen LogP contribution in [0.3, 0.4) is 0 Å². The summed E-state index contributed by atoms with van der Waals surface area (Å²) in [5.74, 6) is 1.43. The maximum Gasteiger partial charge on any atom is 0.238 e. The third-order valence-electron chi connectivity index (χ3n) is 1.76. The van der Waals surface area contributed by atoms with Crippen molar-refractivity contribution >= 4 is 21.8 Å². The molecule has 0 radical (unpaired) electrons.